The van der Waals surface area contributed by atoms with Crippen molar-refractivity contribution in [3.05, 3.63) is 64.1 Å². The van der Waals surface area contributed by atoms with Gasteiger partial charge in [-0.1, -0.05) is 46.3 Å². The van der Waals surface area contributed by atoms with Gasteiger partial charge in [0.1, 0.15) is 5.75 Å². The molecule has 0 radical (unpaired) electrons. The van der Waals surface area contributed by atoms with Gasteiger partial charge in [0.15, 0.2) is 0 Å². The Balaban J connectivity index is 1.67. The zero-order chi connectivity index (χ0) is 14.7. The summed E-state index contributed by atoms with van der Waals surface area (Å²) in [5.74, 6) is 1.54. The van der Waals surface area contributed by atoms with Crippen LogP contribution in [0.1, 0.15) is 29.9 Å². The van der Waals surface area contributed by atoms with Gasteiger partial charge >= 0.3 is 0 Å². The Hall–Kier alpha value is -1.32. The van der Waals surface area contributed by atoms with E-state index in [-0.39, 0.29) is 6.04 Å². The van der Waals surface area contributed by atoms with E-state index in [1.54, 1.807) is 0 Å². The van der Waals surface area contributed by atoms with Crippen molar-refractivity contribution in [2.75, 3.05) is 6.61 Å². The Kier molecular flexibility index (Phi) is 4.61. The Labute approximate surface area is 134 Å². The molecule has 2 aromatic rings. The third-order valence-corrected chi connectivity index (χ3v) is 4.55. The number of hydrogen-bond acceptors (Lipinski definition) is 2. The zero-order valence-corrected chi connectivity index (χ0v) is 13.6. The van der Waals surface area contributed by atoms with E-state index in [1.165, 1.54) is 11.1 Å². The van der Waals surface area contributed by atoms with E-state index in [2.05, 4.69) is 52.3 Å². The summed E-state index contributed by atoms with van der Waals surface area (Å²) in [5, 5.41) is 0. The van der Waals surface area contributed by atoms with Gasteiger partial charge in [-0.15, -0.1) is 0 Å². The van der Waals surface area contributed by atoms with Gasteiger partial charge in [0.25, 0.3) is 0 Å². The molecule has 0 spiro atoms. The Bertz CT molecular complexity index is 614. The number of hydrogen-bond donors (Lipinski definition) is 1. The van der Waals surface area contributed by atoms with Crippen LogP contribution in [0, 0.1) is 0 Å². The first kappa shape index (κ1) is 14.6. The van der Waals surface area contributed by atoms with Gasteiger partial charge in [-0.25, -0.2) is 0 Å². The van der Waals surface area contributed by atoms with Crippen LogP contribution >= 0.6 is 15.9 Å². The van der Waals surface area contributed by atoms with E-state index in [4.69, 9.17) is 10.5 Å². The highest BCUT2D eigenvalue weighted by Crippen LogP contribution is 2.36. The highest BCUT2D eigenvalue weighted by molar-refractivity contribution is 9.10. The number of rotatable bonds is 4. The highest BCUT2D eigenvalue weighted by Gasteiger charge is 2.23. The second-order valence-corrected chi connectivity index (χ2v) is 6.62. The average Bonchev–Trinajstić information content (AvgIpc) is 2.47. The Morgan fingerprint density at radius 1 is 1.19 bits per heavy atom. The Morgan fingerprint density at radius 3 is 2.90 bits per heavy atom. The van der Waals surface area contributed by atoms with Crippen molar-refractivity contribution >= 4 is 15.9 Å². The van der Waals surface area contributed by atoms with Crippen LogP contribution in [0.3, 0.4) is 0 Å². The topological polar surface area (TPSA) is 35.2 Å². The van der Waals surface area contributed by atoms with Crippen LogP contribution in [-0.4, -0.2) is 12.6 Å². The molecule has 3 rings (SSSR count). The summed E-state index contributed by atoms with van der Waals surface area (Å²) in [6, 6.07) is 16.9. The van der Waals surface area contributed by atoms with Crippen molar-refractivity contribution in [3.63, 3.8) is 0 Å². The molecular weight excluding hydrogens is 326 g/mol. The summed E-state index contributed by atoms with van der Waals surface area (Å²) in [5.41, 5.74) is 8.99. The van der Waals surface area contributed by atoms with E-state index in [1.807, 2.05) is 12.1 Å². The van der Waals surface area contributed by atoms with Gasteiger partial charge in [0.05, 0.1) is 6.61 Å². The second-order valence-electron chi connectivity index (χ2n) is 5.70. The van der Waals surface area contributed by atoms with Crippen molar-refractivity contribution in [1.82, 2.24) is 0 Å². The molecule has 110 valence electrons. The van der Waals surface area contributed by atoms with Gasteiger partial charge in [-0.2, -0.15) is 0 Å². The lowest BCUT2D eigenvalue weighted by atomic mass is 9.86. The number of ether oxygens (including phenoxy) is 1. The van der Waals surface area contributed by atoms with Gasteiger partial charge in [-0.3, -0.25) is 0 Å². The number of benzene rings is 2. The van der Waals surface area contributed by atoms with E-state index < -0.39 is 0 Å². The van der Waals surface area contributed by atoms with Crippen LogP contribution in [-0.2, 0) is 6.42 Å². The molecule has 0 amide bonds. The summed E-state index contributed by atoms with van der Waals surface area (Å²) in [4.78, 5) is 0. The minimum Gasteiger partial charge on any atom is -0.493 e. The molecule has 0 aliphatic carbocycles. The quantitative estimate of drug-likeness (QED) is 0.897. The van der Waals surface area contributed by atoms with Crippen LogP contribution < -0.4 is 10.5 Å². The van der Waals surface area contributed by atoms with Crippen molar-refractivity contribution in [2.24, 2.45) is 5.73 Å². The Morgan fingerprint density at radius 2 is 2.05 bits per heavy atom. The predicted molar refractivity (Wildman–Crippen MR) is 89.7 cm³/mol. The lowest BCUT2D eigenvalue weighted by molar-refractivity contribution is 0.259. The van der Waals surface area contributed by atoms with Gasteiger partial charge in [0.2, 0.25) is 0 Å². The monoisotopic (exact) mass is 345 g/mol. The molecular formula is C18H20BrNO. The molecule has 2 aromatic carbocycles. The van der Waals surface area contributed by atoms with E-state index in [9.17, 15) is 0 Å². The molecule has 0 saturated heterocycles. The maximum absolute atomic E-state index is 6.39. The SMILES string of the molecule is NC(Cc1cccc(Br)c1)CC1CCOc2ccccc21. The molecule has 2 atom stereocenters. The second kappa shape index (κ2) is 6.63. The normalized spacial score (nSPS) is 18.7. The fourth-order valence-electron chi connectivity index (χ4n) is 3.08. The largest absolute Gasteiger partial charge is 0.493 e. The van der Waals surface area contributed by atoms with Gasteiger partial charge < -0.3 is 10.5 Å². The molecule has 0 aromatic heterocycles. The lowest BCUT2D eigenvalue weighted by Crippen LogP contribution is -2.27. The first-order chi connectivity index (χ1) is 10.2. The van der Waals surface area contributed by atoms with E-state index >= 15 is 0 Å². The molecule has 1 aliphatic heterocycles. The van der Waals surface area contributed by atoms with Crippen LogP contribution in [0.25, 0.3) is 0 Å². The fraction of sp³-hybridized carbons (Fsp3) is 0.333. The van der Waals surface area contributed by atoms with Gasteiger partial charge in [-0.05, 0) is 54.5 Å². The molecule has 0 bridgehead atoms. The summed E-state index contributed by atoms with van der Waals surface area (Å²) >= 11 is 3.51. The zero-order valence-electron chi connectivity index (χ0n) is 12.0. The predicted octanol–water partition coefficient (Wildman–Crippen LogP) is 4.28. The van der Waals surface area contributed by atoms with Crippen molar-refractivity contribution in [3.8, 4) is 5.75 Å². The van der Waals surface area contributed by atoms with Crippen LogP contribution in [0.15, 0.2) is 53.0 Å². The van der Waals surface area contributed by atoms with Crippen molar-refractivity contribution in [2.45, 2.75) is 31.2 Å². The smallest absolute Gasteiger partial charge is 0.122 e. The fourth-order valence-corrected chi connectivity index (χ4v) is 3.52. The average molecular weight is 346 g/mol. The number of nitrogens with two attached hydrogens (primary N) is 1. The highest BCUT2D eigenvalue weighted by atomic mass is 79.9. The van der Waals surface area contributed by atoms with Crippen LogP contribution in [0.4, 0.5) is 0 Å². The summed E-state index contributed by atoms with van der Waals surface area (Å²) < 4.78 is 6.84. The first-order valence-electron chi connectivity index (χ1n) is 7.44. The standard InChI is InChI=1S/C18H20BrNO/c19-15-5-3-4-13(10-15)11-16(20)12-14-8-9-21-18-7-2-1-6-17(14)18/h1-7,10,14,16H,8-9,11-12,20H2. The van der Waals surface area contributed by atoms with Crippen molar-refractivity contribution in [1.29, 1.82) is 0 Å². The molecule has 2 nitrogen and oxygen atoms in total. The third-order valence-electron chi connectivity index (χ3n) is 4.06. The lowest BCUT2D eigenvalue weighted by Gasteiger charge is -2.28. The summed E-state index contributed by atoms with van der Waals surface area (Å²) in [7, 11) is 0. The van der Waals surface area contributed by atoms with Gasteiger partial charge in [0, 0.05) is 10.5 Å². The van der Waals surface area contributed by atoms with E-state index in [0.29, 0.717) is 5.92 Å². The first-order valence-corrected chi connectivity index (χ1v) is 8.23. The maximum atomic E-state index is 6.39. The maximum Gasteiger partial charge on any atom is 0.122 e. The summed E-state index contributed by atoms with van der Waals surface area (Å²) in [6.45, 7) is 0.797. The number of fused-ring (bicyclic) bond motifs is 1. The minimum atomic E-state index is 0.176. The van der Waals surface area contributed by atoms with Crippen LogP contribution in [0.2, 0.25) is 0 Å². The van der Waals surface area contributed by atoms with Crippen molar-refractivity contribution < 1.29 is 4.74 Å². The number of halogens is 1. The molecule has 2 N–H and O–H groups in total. The van der Waals surface area contributed by atoms with Crippen LogP contribution in [0.5, 0.6) is 5.75 Å². The number of para-hydroxylation sites is 1. The third kappa shape index (κ3) is 3.66. The molecule has 21 heavy (non-hydrogen) atoms. The summed E-state index contributed by atoms with van der Waals surface area (Å²) in [6.07, 6.45) is 2.98. The molecule has 3 heteroatoms. The molecule has 0 fully saturated rings. The minimum absolute atomic E-state index is 0.176. The molecule has 1 heterocycles. The molecule has 2 unspecified atom stereocenters. The van der Waals surface area contributed by atoms with E-state index in [0.717, 1.165) is 36.1 Å². The molecule has 0 saturated carbocycles. The molecule has 1 aliphatic rings.